The molecule has 6 heteroatoms. The first-order valence-corrected chi connectivity index (χ1v) is 6.00. The molecule has 1 atom stereocenters. The summed E-state index contributed by atoms with van der Waals surface area (Å²) < 4.78 is 26.8. The second-order valence-corrected chi connectivity index (χ2v) is 4.48. The molecule has 0 radical (unpaired) electrons. The third-order valence-electron chi connectivity index (χ3n) is 1.53. The number of rotatable bonds is 7. The van der Waals surface area contributed by atoms with E-state index < -0.39 is 10.2 Å². The summed E-state index contributed by atoms with van der Waals surface area (Å²) in [6.45, 7) is 4.42. The van der Waals surface area contributed by atoms with E-state index in [1.165, 1.54) is 0 Å². The number of nitrogens with one attached hydrogen (secondary N) is 2. The van der Waals surface area contributed by atoms with Crippen molar-refractivity contribution >= 4 is 10.2 Å². The number of hydrogen-bond acceptors (Lipinski definition) is 3. The maximum absolute atomic E-state index is 11.1. The second kappa shape index (κ2) is 6.31. The molecule has 4 N–H and O–H groups in total. The molecule has 0 aliphatic heterocycles. The average molecular weight is 209 g/mol. The lowest BCUT2D eigenvalue weighted by atomic mass is 10.2. The topological polar surface area (TPSA) is 84.2 Å². The molecule has 0 fully saturated rings. The van der Waals surface area contributed by atoms with Gasteiger partial charge in [0, 0.05) is 19.1 Å². The summed E-state index contributed by atoms with van der Waals surface area (Å²) in [6, 6.07) is -0.0987. The van der Waals surface area contributed by atoms with Gasteiger partial charge < -0.3 is 5.73 Å². The summed E-state index contributed by atoms with van der Waals surface area (Å²) in [5.74, 6) is 0. The van der Waals surface area contributed by atoms with Crippen molar-refractivity contribution < 1.29 is 8.42 Å². The van der Waals surface area contributed by atoms with Crippen LogP contribution in [0.25, 0.3) is 0 Å². The Balaban J connectivity index is 3.74. The Morgan fingerprint density at radius 2 is 1.92 bits per heavy atom. The van der Waals surface area contributed by atoms with Crippen LogP contribution in [0.3, 0.4) is 0 Å². The van der Waals surface area contributed by atoms with Crippen molar-refractivity contribution in [3.8, 4) is 0 Å². The number of hydrogen-bond donors (Lipinski definition) is 3. The molecular weight excluding hydrogens is 190 g/mol. The molecule has 0 saturated heterocycles. The lowest BCUT2D eigenvalue weighted by molar-refractivity contribution is 0.544. The minimum atomic E-state index is -3.33. The van der Waals surface area contributed by atoms with Crippen LogP contribution in [0.1, 0.15) is 26.7 Å². The molecule has 0 aromatic rings. The number of nitrogens with two attached hydrogens (primary N) is 1. The minimum absolute atomic E-state index is 0.0987. The molecule has 0 aromatic carbocycles. The van der Waals surface area contributed by atoms with E-state index in [9.17, 15) is 8.42 Å². The summed E-state index contributed by atoms with van der Waals surface area (Å²) in [6.07, 6.45) is 1.79. The van der Waals surface area contributed by atoms with Gasteiger partial charge in [0.1, 0.15) is 0 Å². The van der Waals surface area contributed by atoms with Crippen LogP contribution in [0.15, 0.2) is 0 Å². The average Bonchev–Trinajstić information content (AvgIpc) is 2.02. The van der Waals surface area contributed by atoms with Gasteiger partial charge in [0.05, 0.1) is 0 Å². The van der Waals surface area contributed by atoms with E-state index in [4.69, 9.17) is 5.73 Å². The summed E-state index contributed by atoms with van der Waals surface area (Å²) in [7, 11) is -3.33. The van der Waals surface area contributed by atoms with Gasteiger partial charge >= 0.3 is 0 Å². The molecule has 0 heterocycles. The van der Waals surface area contributed by atoms with Crippen LogP contribution in [-0.2, 0) is 10.2 Å². The Hall–Kier alpha value is -0.170. The highest BCUT2D eigenvalue weighted by Gasteiger charge is 2.09. The second-order valence-electron chi connectivity index (χ2n) is 2.90. The third kappa shape index (κ3) is 6.94. The van der Waals surface area contributed by atoms with Gasteiger partial charge in [-0.05, 0) is 6.42 Å². The van der Waals surface area contributed by atoms with Crippen molar-refractivity contribution in [1.29, 1.82) is 0 Å². The predicted molar refractivity (Wildman–Crippen MR) is 53.5 cm³/mol. The summed E-state index contributed by atoms with van der Waals surface area (Å²) in [5.41, 5.74) is 5.63. The Morgan fingerprint density at radius 3 is 2.38 bits per heavy atom. The van der Waals surface area contributed by atoms with E-state index in [0.717, 1.165) is 12.8 Å². The molecule has 0 amide bonds. The fourth-order valence-corrected chi connectivity index (χ4v) is 1.85. The van der Waals surface area contributed by atoms with Crippen molar-refractivity contribution in [3.63, 3.8) is 0 Å². The van der Waals surface area contributed by atoms with Gasteiger partial charge in [-0.2, -0.15) is 8.42 Å². The van der Waals surface area contributed by atoms with Gasteiger partial charge in [-0.25, -0.2) is 9.44 Å². The first kappa shape index (κ1) is 12.8. The van der Waals surface area contributed by atoms with E-state index in [-0.39, 0.29) is 6.04 Å². The Bertz CT molecular complexity index is 216. The normalized spacial score (nSPS) is 14.4. The van der Waals surface area contributed by atoms with Crippen LogP contribution < -0.4 is 15.2 Å². The molecule has 5 nitrogen and oxygen atoms in total. The summed E-state index contributed by atoms with van der Waals surface area (Å²) in [4.78, 5) is 0. The maximum Gasteiger partial charge on any atom is 0.276 e. The zero-order valence-corrected chi connectivity index (χ0v) is 9.02. The van der Waals surface area contributed by atoms with E-state index in [2.05, 4.69) is 9.44 Å². The zero-order valence-electron chi connectivity index (χ0n) is 8.21. The molecule has 0 bridgehead atoms. The first-order chi connectivity index (χ1) is 6.02. The highest BCUT2D eigenvalue weighted by Crippen LogP contribution is 1.91. The van der Waals surface area contributed by atoms with E-state index in [1.54, 1.807) is 6.92 Å². The SMILES string of the molecule is CCCC(N)CNS(=O)(=O)NCC. The van der Waals surface area contributed by atoms with Gasteiger partial charge in [-0.15, -0.1) is 0 Å². The van der Waals surface area contributed by atoms with E-state index in [0.29, 0.717) is 13.1 Å². The molecule has 0 aromatic heterocycles. The molecule has 13 heavy (non-hydrogen) atoms. The standard InChI is InChI=1S/C7H19N3O2S/c1-3-5-7(8)6-10-13(11,12)9-4-2/h7,9-10H,3-6,8H2,1-2H3. The fraction of sp³-hybridized carbons (Fsp3) is 1.00. The molecule has 0 spiro atoms. The fourth-order valence-electron chi connectivity index (χ4n) is 0.931. The highest BCUT2D eigenvalue weighted by atomic mass is 32.2. The van der Waals surface area contributed by atoms with Crippen LogP contribution in [0, 0.1) is 0 Å². The van der Waals surface area contributed by atoms with Crippen molar-refractivity contribution in [3.05, 3.63) is 0 Å². The van der Waals surface area contributed by atoms with Crippen molar-refractivity contribution in [1.82, 2.24) is 9.44 Å². The lowest BCUT2D eigenvalue weighted by Crippen LogP contribution is -2.42. The van der Waals surface area contributed by atoms with E-state index >= 15 is 0 Å². The van der Waals surface area contributed by atoms with Gasteiger partial charge in [0.15, 0.2) is 0 Å². The molecular formula is C7H19N3O2S. The van der Waals surface area contributed by atoms with Gasteiger partial charge in [-0.3, -0.25) is 0 Å². The maximum atomic E-state index is 11.1. The molecule has 0 aliphatic rings. The van der Waals surface area contributed by atoms with Gasteiger partial charge in [-0.1, -0.05) is 20.3 Å². The molecule has 0 rings (SSSR count). The van der Waals surface area contributed by atoms with Crippen LogP contribution in [-0.4, -0.2) is 27.5 Å². The Morgan fingerprint density at radius 1 is 1.31 bits per heavy atom. The Kier molecular flexibility index (Phi) is 6.23. The smallest absolute Gasteiger partial charge is 0.276 e. The quantitative estimate of drug-likeness (QED) is 0.531. The van der Waals surface area contributed by atoms with Gasteiger partial charge in [0.25, 0.3) is 10.2 Å². The molecule has 0 saturated carbocycles. The minimum Gasteiger partial charge on any atom is -0.327 e. The van der Waals surface area contributed by atoms with Crippen molar-refractivity contribution in [2.75, 3.05) is 13.1 Å². The predicted octanol–water partition coefficient (Wildman–Crippen LogP) is -0.442. The van der Waals surface area contributed by atoms with Crippen LogP contribution in [0.5, 0.6) is 0 Å². The van der Waals surface area contributed by atoms with Crippen molar-refractivity contribution in [2.45, 2.75) is 32.7 Å². The van der Waals surface area contributed by atoms with Crippen LogP contribution in [0.4, 0.5) is 0 Å². The molecule has 80 valence electrons. The van der Waals surface area contributed by atoms with Gasteiger partial charge in [0.2, 0.25) is 0 Å². The zero-order chi connectivity index (χ0) is 10.3. The van der Waals surface area contributed by atoms with E-state index in [1.807, 2.05) is 6.92 Å². The molecule has 1 unspecified atom stereocenters. The largest absolute Gasteiger partial charge is 0.327 e. The van der Waals surface area contributed by atoms with Crippen LogP contribution in [0.2, 0.25) is 0 Å². The summed E-state index contributed by atoms with van der Waals surface area (Å²) in [5, 5.41) is 0. The third-order valence-corrected chi connectivity index (χ3v) is 2.74. The summed E-state index contributed by atoms with van der Waals surface area (Å²) >= 11 is 0. The lowest BCUT2D eigenvalue weighted by Gasteiger charge is -2.11. The Labute approximate surface area is 80.3 Å². The molecule has 0 aliphatic carbocycles. The van der Waals surface area contributed by atoms with Crippen molar-refractivity contribution in [2.24, 2.45) is 5.73 Å². The highest BCUT2D eigenvalue weighted by molar-refractivity contribution is 7.87. The van der Waals surface area contributed by atoms with Crippen LogP contribution >= 0.6 is 0 Å². The first-order valence-electron chi connectivity index (χ1n) is 4.51. The monoisotopic (exact) mass is 209 g/mol.